The van der Waals surface area contributed by atoms with Gasteiger partial charge in [0.25, 0.3) is 0 Å². The molecule has 0 saturated carbocycles. The van der Waals surface area contributed by atoms with E-state index in [0.717, 1.165) is 24.0 Å². The molecule has 1 aromatic heterocycles. The van der Waals surface area contributed by atoms with Gasteiger partial charge < -0.3 is 9.73 Å². The van der Waals surface area contributed by atoms with E-state index in [4.69, 9.17) is 4.42 Å². The molecule has 1 fully saturated rings. The molecule has 0 radical (unpaired) electrons. The molecule has 0 amide bonds. The van der Waals surface area contributed by atoms with Gasteiger partial charge in [0, 0.05) is 34.5 Å². The SMILES string of the molecule is CCNC(Cc1ccco1)C1SCCSC1C. The second-order valence-electron chi connectivity index (χ2n) is 4.36. The van der Waals surface area contributed by atoms with Crippen molar-refractivity contribution in [2.24, 2.45) is 0 Å². The van der Waals surface area contributed by atoms with E-state index in [-0.39, 0.29) is 0 Å². The fourth-order valence-electron chi connectivity index (χ4n) is 2.30. The summed E-state index contributed by atoms with van der Waals surface area (Å²) in [6.07, 6.45) is 2.77. The molecule has 2 heterocycles. The van der Waals surface area contributed by atoms with Crippen LogP contribution in [0.4, 0.5) is 0 Å². The van der Waals surface area contributed by atoms with Crippen molar-refractivity contribution in [3.05, 3.63) is 24.2 Å². The Kier molecular flexibility index (Phi) is 5.32. The molecule has 4 heteroatoms. The zero-order valence-electron chi connectivity index (χ0n) is 10.5. The van der Waals surface area contributed by atoms with Crippen molar-refractivity contribution in [1.29, 1.82) is 0 Å². The summed E-state index contributed by atoms with van der Waals surface area (Å²) in [5, 5.41) is 5.05. The lowest BCUT2D eigenvalue weighted by Gasteiger charge is -2.34. The summed E-state index contributed by atoms with van der Waals surface area (Å²) in [5.41, 5.74) is 0. The van der Waals surface area contributed by atoms with Gasteiger partial charge in [-0.1, -0.05) is 13.8 Å². The number of likely N-dealkylation sites (N-methyl/N-ethyl adjacent to an activating group) is 1. The molecule has 2 nitrogen and oxygen atoms in total. The van der Waals surface area contributed by atoms with Gasteiger partial charge in [-0.05, 0) is 18.7 Å². The molecular weight excluding hydrogens is 250 g/mol. The maximum absolute atomic E-state index is 5.48. The summed E-state index contributed by atoms with van der Waals surface area (Å²) in [6, 6.07) is 4.58. The van der Waals surface area contributed by atoms with Crippen LogP contribution in [0.15, 0.2) is 22.8 Å². The third-order valence-corrected chi connectivity index (χ3v) is 6.35. The number of hydrogen-bond donors (Lipinski definition) is 1. The molecule has 0 bridgehead atoms. The maximum Gasteiger partial charge on any atom is 0.105 e. The van der Waals surface area contributed by atoms with Crippen LogP contribution in [0.25, 0.3) is 0 Å². The lowest BCUT2D eigenvalue weighted by Crippen LogP contribution is -2.45. The first-order valence-electron chi connectivity index (χ1n) is 6.30. The summed E-state index contributed by atoms with van der Waals surface area (Å²) in [6.45, 7) is 5.56. The number of hydrogen-bond acceptors (Lipinski definition) is 4. The van der Waals surface area contributed by atoms with Crippen LogP contribution in [0.2, 0.25) is 0 Å². The smallest absolute Gasteiger partial charge is 0.105 e. The average molecular weight is 271 g/mol. The van der Waals surface area contributed by atoms with Crippen LogP contribution in [0.3, 0.4) is 0 Å². The topological polar surface area (TPSA) is 25.2 Å². The van der Waals surface area contributed by atoms with Crippen molar-refractivity contribution in [3.8, 4) is 0 Å². The Morgan fingerprint density at radius 1 is 1.47 bits per heavy atom. The molecular formula is C13H21NOS2. The first-order chi connectivity index (χ1) is 8.31. The Balaban J connectivity index is 1.99. The van der Waals surface area contributed by atoms with Crippen LogP contribution in [-0.4, -0.2) is 34.6 Å². The van der Waals surface area contributed by atoms with E-state index in [0.29, 0.717) is 11.3 Å². The third-order valence-electron chi connectivity index (χ3n) is 3.10. The lowest BCUT2D eigenvalue weighted by atomic mass is 10.1. The summed E-state index contributed by atoms with van der Waals surface area (Å²) in [7, 11) is 0. The van der Waals surface area contributed by atoms with E-state index in [9.17, 15) is 0 Å². The summed E-state index contributed by atoms with van der Waals surface area (Å²) < 4.78 is 5.48. The van der Waals surface area contributed by atoms with E-state index in [1.54, 1.807) is 6.26 Å². The standard InChI is InChI=1S/C13H21NOS2/c1-3-14-12(9-11-5-4-6-15-11)13-10(2)16-7-8-17-13/h4-6,10,12-14H,3,7-9H2,1-2H3. The van der Waals surface area contributed by atoms with Crippen LogP contribution in [-0.2, 0) is 6.42 Å². The van der Waals surface area contributed by atoms with Crippen molar-refractivity contribution in [2.75, 3.05) is 18.1 Å². The first-order valence-corrected chi connectivity index (χ1v) is 8.40. The van der Waals surface area contributed by atoms with Gasteiger partial charge in [0.1, 0.15) is 5.76 Å². The second kappa shape index (κ2) is 6.76. The fourth-order valence-corrected chi connectivity index (χ4v) is 5.26. The molecule has 1 saturated heterocycles. The van der Waals surface area contributed by atoms with E-state index in [1.165, 1.54) is 11.5 Å². The predicted molar refractivity (Wildman–Crippen MR) is 78.0 cm³/mol. The molecule has 2 rings (SSSR count). The van der Waals surface area contributed by atoms with E-state index in [1.807, 2.05) is 6.07 Å². The van der Waals surface area contributed by atoms with Gasteiger partial charge in [-0.25, -0.2) is 0 Å². The molecule has 3 unspecified atom stereocenters. The lowest BCUT2D eigenvalue weighted by molar-refractivity contribution is 0.436. The Morgan fingerprint density at radius 3 is 2.94 bits per heavy atom. The van der Waals surface area contributed by atoms with Crippen molar-refractivity contribution in [1.82, 2.24) is 5.32 Å². The molecule has 1 N–H and O–H groups in total. The fraction of sp³-hybridized carbons (Fsp3) is 0.692. The molecule has 1 aromatic rings. The maximum atomic E-state index is 5.48. The van der Waals surface area contributed by atoms with E-state index < -0.39 is 0 Å². The quantitative estimate of drug-likeness (QED) is 0.890. The molecule has 3 atom stereocenters. The Hall–Kier alpha value is -0.0600. The van der Waals surface area contributed by atoms with Gasteiger partial charge in [-0.15, -0.1) is 0 Å². The van der Waals surface area contributed by atoms with Crippen LogP contribution < -0.4 is 5.32 Å². The zero-order chi connectivity index (χ0) is 12.1. The Labute approximate surface area is 112 Å². The number of thioether (sulfide) groups is 2. The molecule has 1 aliphatic rings. The number of furan rings is 1. The van der Waals surface area contributed by atoms with Gasteiger partial charge >= 0.3 is 0 Å². The highest BCUT2D eigenvalue weighted by atomic mass is 32.2. The van der Waals surface area contributed by atoms with Crippen LogP contribution >= 0.6 is 23.5 Å². The molecule has 0 aliphatic carbocycles. The minimum Gasteiger partial charge on any atom is -0.469 e. The highest BCUT2D eigenvalue weighted by Gasteiger charge is 2.30. The molecule has 0 aromatic carbocycles. The van der Waals surface area contributed by atoms with E-state index in [2.05, 4.69) is 48.8 Å². The highest BCUT2D eigenvalue weighted by Crippen LogP contribution is 2.34. The Morgan fingerprint density at radius 2 is 2.29 bits per heavy atom. The minimum atomic E-state index is 0.527. The molecule has 1 aliphatic heterocycles. The molecule has 96 valence electrons. The summed E-state index contributed by atoms with van der Waals surface area (Å²) in [5.74, 6) is 3.67. The van der Waals surface area contributed by atoms with Gasteiger partial charge in [0.15, 0.2) is 0 Å². The van der Waals surface area contributed by atoms with Gasteiger partial charge in [0.2, 0.25) is 0 Å². The van der Waals surface area contributed by atoms with Crippen LogP contribution in [0.5, 0.6) is 0 Å². The molecule has 17 heavy (non-hydrogen) atoms. The highest BCUT2D eigenvalue weighted by molar-refractivity contribution is 8.07. The number of rotatable bonds is 5. The van der Waals surface area contributed by atoms with Crippen molar-refractivity contribution in [2.45, 2.75) is 36.8 Å². The number of nitrogens with one attached hydrogen (secondary N) is 1. The Bertz CT molecular complexity index is 315. The molecule has 0 spiro atoms. The van der Waals surface area contributed by atoms with Crippen LogP contribution in [0, 0.1) is 0 Å². The zero-order valence-corrected chi connectivity index (χ0v) is 12.2. The summed E-state index contributed by atoms with van der Waals surface area (Å²) in [4.78, 5) is 0. The monoisotopic (exact) mass is 271 g/mol. The average Bonchev–Trinajstić information content (AvgIpc) is 2.82. The first kappa shape index (κ1) is 13.4. The predicted octanol–water partition coefficient (Wildman–Crippen LogP) is 3.04. The van der Waals surface area contributed by atoms with Gasteiger partial charge in [-0.3, -0.25) is 0 Å². The van der Waals surface area contributed by atoms with Gasteiger partial charge in [-0.2, -0.15) is 23.5 Å². The van der Waals surface area contributed by atoms with Crippen molar-refractivity contribution >= 4 is 23.5 Å². The summed E-state index contributed by atoms with van der Waals surface area (Å²) >= 11 is 4.22. The van der Waals surface area contributed by atoms with Gasteiger partial charge in [0.05, 0.1) is 6.26 Å². The largest absolute Gasteiger partial charge is 0.469 e. The van der Waals surface area contributed by atoms with Crippen LogP contribution in [0.1, 0.15) is 19.6 Å². The van der Waals surface area contributed by atoms with Crippen molar-refractivity contribution < 1.29 is 4.42 Å². The third kappa shape index (κ3) is 3.70. The van der Waals surface area contributed by atoms with E-state index >= 15 is 0 Å². The second-order valence-corrected chi connectivity index (χ2v) is 7.13. The normalized spacial score (nSPS) is 26.9. The minimum absolute atomic E-state index is 0.527. The van der Waals surface area contributed by atoms with Crippen molar-refractivity contribution in [3.63, 3.8) is 0 Å².